The molecule has 5 rings (SSSR count). The summed E-state index contributed by atoms with van der Waals surface area (Å²) in [4.78, 5) is 14.2. The van der Waals surface area contributed by atoms with Crippen molar-refractivity contribution < 1.29 is 18.7 Å². The molecule has 3 heterocycles. The molecule has 32 heavy (non-hydrogen) atoms. The van der Waals surface area contributed by atoms with Gasteiger partial charge in [0.25, 0.3) is 0 Å². The molecule has 1 aliphatic carbocycles. The molecule has 1 aromatic heterocycles. The highest BCUT2D eigenvalue weighted by Gasteiger charge is 2.59. The zero-order chi connectivity index (χ0) is 22.5. The number of carbonyl (C=O) groups excluding carboxylic acids is 1. The molecular formula is C25H32FN3O3. The Kier molecular flexibility index (Phi) is 5.27. The first-order chi connectivity index (χ1) is 15.2. The molecule has 3 aliphatic rings. The molecule has 6 nitrogen and oxygen atoms in total. The van der Waals surface area contributed by atoms with E-state index in [0.29, 0.717) is 13.1 Å². The fraction of sp³-hybridized carbons (Fsp3) is 0.600. The number of likely N-dealkylation sites (tertiary alicyclic amines) is 1. The second kappa shape index (κ2) is 7.87. The Balaban J connectivity index is 1.28. The summed E-state index contributed by atoms with van der Waals surface area (Å²) in [5.41, 5.74) is 1.84. The van der Waals surface area contributed by atoms with Gasteiger partial charge in [-0.1, -0.05) is 12.1 Å². The van der Waals surface area contributed by atoms with E-state index in [1.807, 2.05) is 43.8 Å². The topological polar surface area (TPSA) is 56.6 Å². The van der Waals surface area contributed by atoms with Crippen LogP contribution in [0.25, 0.3) is 11.1 Å². The number of amides is 1. The number of rotatable bonds is 3. The number of fused-ring (bicyclic) bond motifs is 1. The SMILES string of the molecule is CC(C)(C)OC(=O)N1CCC2(c3ccc(-c4cnn(C5CCCCO5)c4)cc3F)CC2C1. The molecule has 0 spiro atoms. The minimum absolute atomic E-state index is 0.0251. The van der Waals surface area contributed by atoms with Crippen LogP contribution in [-0.4, -0.2) is 46.1 Å². The largest absolute Gasteiger partial charge is 0.444 e. The van der Waals surface area contributed by atoms with Gasteiger partial charge >= 0.3 is 6.09 Å². The van der Waals surface area contributed by atoms with Gasteiger partial charge in [0.2, 0.25) is 0 Å². The third-order valence-corrected chi connectivity index (χ3v) is 7.04. The van der Waals surface area contributed by atoms with Gasteiger partial charge in [0.15, 0.2) is 0 Å². The molecular weight excluding hydrogens is 409 g/mol. The Morgan fingerprint density at radius 2 is 2.12 bits per heavy atom. The van der Waals surface area contributed by atoms with Gasteiger partial charge in [0.05, 0.1) is 6.20 Å². The fourth-order valence-electron chi connectivity index (χ4n) is 5.25. The lowest BCUT2D eigenvalue weighted by atomic mass is 9.86. The summed E-state index contributed by atoms with van der Waals surface area (Å²) in [6.07, 6.45) is 8.30. The fourth-order valence-corrected chi connectivity index (χ4v) is 5.25. The van der Waals surface area contributed by atoms with Crippen molar-refractivity contribution in [2.24, 2.45) is 5.92 Å². The number of hydrogen-bond donors (Lipinski definition) is 0. The minimum atomic E-state index is -0.506. The summed E-state index contributed by atoms with van der Waals surface area (Å²) < 4.78 is 28.4. The van der Waals surface area contributed by atoms with Crippen molar-refractivity contribution in [1.29, 1.82) is 0 Å². The van der Waals surface area contributed by atoms with Crippen molar-refractivity contribution in [2.45, 2.75) is 70.1 Å². The summed E-state index contributed by atoms with van der Waals surface area (Å²) in [5.74, 6) is 0.118. The molecule has 2 aliphatic heterocycles. The molecule has 1 saturated carbocycles. The van der Waals surface area contributed by atoms with Crippen LogP contribution in [0.2, 0.25) is 0 Å². The number of carbonyl (C=O) groups is 1. The van der Waals surface area contributed by atoms with E-state index in [9.17, 15) is 4.79 Å². The first-order valence-electron chi connectivity index (χ1n) is 11.7. The number of nitrogens with zero attached hydrogens (tertiary/aromatic N) is 3. The number of aromatic nitrogens is 2. The van der Waals surface area contributed by atoms with E-state index >= 15 is 4.39 Å². The van der Waals surface area contributed by atoms with Crippen LogP contribution in [0.5, 0.6) is 0 Å². The van der Waals surface area contributed by atoms with Crippen LogP contribution in [0.3, 0.4) is 0 Å². The maximum absolute atomic E-state index is 15.3. The lowest BCUT2D eigenvalue weighted by Crippen LogP contribution is -2.43. The average molecular weight is 442 g/mol. The van der Waals surface area contributed by atoms with E-state index in [4.69, 9.17) is 9.47 Å². The van der Waals surface area contributed by atoms with Crippen molar-refractivity contribution in [1.82, 2.24) is 14.7 Å². The average Bonchev–Trinajstić information content (AvgIpc) is 3.28. The Labute approximate surface area is 188 Å². The van der Waals surface area contributed by atoms with Crippen LogP contribution in [-0.2, 0) is 14.9 Å². The van der Waals surface area contributed by atoms with Crippen molar-refractivity contribution in [3.8, 4) is 11.1 Å². The van der Waals surface area contributed by atoms with Gasteiger partial charge in [-0.2, -0.15) is 5.10 Å². The van der Waals surface area contributed by atoms with E-state index in [-0.39, 0.29) is 29.5 Å². The monoisotopic (exact) mass is 441 g/mol. The molecule has 7 heteroatoms. The zero-order valence-electron chi connectivity index (χ0n) is 19.1. The third kappa shape index (κ3) is 4.03. The van der Waals surface area contributed by atoms with Gasteiger partial charge in [-0.15, -0.1) is 0 Å². The molecule has 3 unspecified atom stereocenters. The van der Waals surface area contributed by atoms with E-state index in [1.54, 1.807) is 17.2 Å². The summed E-state index contributed by atoms with van der Waals surface area (Å²) in [6, 6.07) is 5.55. The van der Waals surface area contributed by atoms with Crippen molar-refractivity contribution in [2.75, 3.05) is 19.7 Å². The summed E-state index contributed by atoms with van der Waals surface area (Å²) in [7, 11) is 0. The van der Waals surface area contributed by atoms with Crippen LogP contribution in [0.1, 0.15) is 64.7 Å². The van der Waals surface area contributed by atoms with Crippen LogP contribution >= 0.6 is 0 Å². The van der Waals surface area contributed by atoms with Crippen molar-refractivity contribution in [3.05, 3.63) is 42.0 Å². The zero-order valence-corrected chi connectivity index (χ0v) is 19.1. The number of benzene rings is 1. The molecule has 1 amide bonds. The minimum Gasteiger partial charge on any atom is -0.444 e. The van der Waals surface area contributed by atoms with Crippen LogP contribution < -0.4 is 0 Å². The van der Waals surface area contributed by atoms with Crippen LogP contribution in [0.4, 0.5) is 9.18 Å². The lowest BCUT2D eigenvalue weighted by Gasteiger charge is -2.33. The highest BCUT2D eigenvalue weighted by molar-refractivity contribution is 5.69. The second-order valence-corrected chi connectivity index (χ2v) is 10.5. The number of hydrogen-bond acceptors (Lipinski definition) is 4. The van der Waals surface area contributed by atoms with Gasteiger partial charge in [-0.3, -0.25) is 0 Å². The van der Waals surface area contributed by atoms with E-state index in [2.05, 4.69) is 5.10 Å². The Morgan fingerprint density at radius 1 is 1.28 bits per heavy atom. The highest BCUT2D eigenvalue weighted by Crippen LogP contribution is 2.60. The van der Waals surface area contributed by atoms with Gasteiger partial charge in [-0.25, -0.2) is 13.9 Å². The molecule has 3 fully saturated rings. The highest BCUT2D eigenvalue weighted by atomic mass is 19.1. The van der Waals surface area contributed by atoms with Gasteiger partial charge in [-0.05, 0) is 76.0 Å². The molecule has 0 radical (unpaired) electrons. The van der Waals surface area contributed by atoms with E-state index < -0.39 is 5.60 Å². The third-order valence-electron chi connectivity index (χ3n) is 7.04. The summed E-state index contributed by atoms with van der Waals surface area (Å²) in [6.45, 7) is 7.61. The maximum Gasteiger partial charge on any atom is 0.410 e. The van der Waals surface area contributed by atoms with Crippen molar-refractivity contribution >= 4 is 6.09 Å². The molecule has 2 saturated heterocycles. The van der Waals surface area contributed by atoms with E-state index in [1.165, 1.54) is 0 Å². The quantitative estimate of drug-likeness (QED) is 0.650. The Hall–Kier alpha value is -2.41. The molecule has 0 bridgehead atoms. The van der Waals surface area contributed by atoms with Gasteiger partial charge in [0.1, 0.15) is 17.6 Å². The normalized spacial score (nSPS) is 27.7. The molecule has 172 valence electrons. The first-order valence-corrected chi connectivity index (χ1v) is 11.7. The predicted octanol–water partition coefficient (Wildman–Crippen LogP) is 5.29. The number of halogens is 1. The Morgan fingerprint density at radius 3 is 2.81 bits per heavy atom. The van der Waals surface area contributed by atoms with Crippen LogP contribution in [0, 0.1) is 11.7 Å². The summed E-state index contributed by atoms with van der Waals surface area (Å²) >= 11 is 0. The predicted molar refractivity (Wildman–Crippen MR) is 119 cm³/mol. The van der Waals surface area contributed by atoms with Gasteiger partial charge < -0.3 is 14.4 Å². The number of piperidine rings is 1. The van der Waals surface area contributed by atoms with Crippen molar-refractivity contribution in [3.63, 3.8) is 0 Å². The molecule has 3 atom stereocenters. The van der Waals surface area contributed by atoms with E-state index in [0.717, 1.165) is 55.4 Å². The first kappa shape index (κ1) is 21.4. The lowest BCUT2D eigenvalue weighted by molar-refractivity contribution is -0.0394. The standard InChI is InChI=1S/C25H32FN3O3/c1-24(2,3)32-23(30)28-10-9-25(13-19(25)16-28)20-8-7-17(12-21(20)26)18-14-27-29(15-18)22-6-4-5-11-31-22/h7-8,12,14-15,19,22H,4-6,9-11,13,16H2,1-3H3. The maximum atomic E-state index is 15.3. The Bertz CT molecular complexity index is 1010. The molecule has 0 N–H and O–H groups in total. The van der Waals surface area contributed by atoms with Crippen LogP contribution in [0.15, 0.2) is 30.6 Å². The number of ether oxygens (including phenoxy) is 2. The second-order valence-electron chi connectivity index (χ2n) is 10.5. The molecule has 1 aromatic carbocycles. The summed E-state index contributed by atoms with van der Waals surface area (Å²) in [5, 5.41) is 4.45. The van der Waals surface area contributed by atoms with Gasteiger partial charge in [0, 0.05) is 36.9 Å². The smallest absolute Gasteiger partial charge is 0.410 e. The molecule has 2 aromatic rings.